The molecule has 1 fully saturated rings. The third-order valence-electron chi connectivity index (χ3n) is 4.90. The number of aromatic nitrogens is 2. The topological polar surface area (TPSA) is 45.5 Å². The SMILES string of the molecule is CCNC(=NCC(C)Cn1cccn1)N1CCC(Cc2ccccc2)C1. The first-order valence-corrected chi connectivity index (χ1v) is 9.79. The first-order chi connectivity index (χ1) is 12.7. The molecular weight excluding hydrogens is 322 g/mol. The van der Waals surface area contributed by atoms with Gasteiger partial charge < -0.3 is 10.2 Å². The zero-order chi connectivity index (χ0) is 18.2. The summed E-state index contributed by atoms with van der Waals surface area (Å²) in [4.78, 5) is 7.34. The van der Waals surface area contributed by atoms with E-state index in [0.717, 1.165) is 45.1 Å². The molecule has 1 saturated heterocycles. The average molecular weight is 354 g/mol. The van der Waals surface area contributed by atoms with Gasteiger partial charge in [-0.2, -0.15) is 5.10 Å². The Morgan fingerprint density at radius 2 is 2.15 bits per heavy atom. The number of benzene rings is 1. The summed E-state index contributed by atoms with van der Waals surface area (Å²) in [6.07, 6.45) is 6.24. The van der Waals surface area contributed by atoms with Gasteiger partial charge in [-0.3, -0.25) is 9.67 Å². The van der Waals surface area contributed by atoms with Crippen molar-refractivity contribution in [2.75, 3.05) is 26.2 Å². The van der Waals surface area contributed by atoms with Gasteiger partial charge in [-0.1, -0.05) is 37.3 Å². The van der Waals surface area contributed by atoms with Crippen LogP contribution in [0.1, 0.15) is 25.8 Å². The van der Waals surface area contributed by atoms with Crippen molar-refractivity contribution in [2.24, 2.45) is 16.8 Å². The van der Waals surface area contributed by atoms with E-state index < -0.39 is 0 Å². The molecule has 140 valence electrons. The summed E-state index contributed by atoms with van der Waals surface area (Å²) in [6.45, 7) is 9.20. The van der Waals surface area contributed by atoms with E-state index in [1.165, 1.54) is 12.0 Å². The summed E-state index contributed by atoms with van der Waals surface area (Å²) in [7, 11) is 0. The highest BCUT2D eigenvalue weighted by Gasteiger charge is 2.25. The second kappa shape index (κ2) is 9.41. The maximum Gasteiger partial charge on any atom is 0.193 e. The Hall–Kier alpha value is -2.30. The summed E-state index contributed by atoms with van der Waals surface area (Å²) >= 11 is 0. The van der Waals surface area contributed by atoms with Crippen LogP contribution in [0.15, 0.2) is 53.8 Å². The van der Waals surface area contributed by atoms with Crippen molar-refractivity contribution in [2.45, 2.75) is 33.2 Å². The third-order valence-corrected chi connectivity index (χ3v) is 4.90. The molecule has 2 aromatic rings. The van der Waals surface area contributed by atoms with Crippen molar-refractivity contribution in [3.8, 4) is 0 Å². The Balaban J connectivity index is 1.53. The van der Waals surface area contributed by atoms with E-state index in [1.807, 2.05) is 23.1 Å². The van der Waals surface area contributed by atoms with Gasteiger partial charge in [0.25, 0.3) is 0 Å². The monoisotopic (exact) mass is 353 g/mol. The van der Waals surface area contributed by atoms with Gasteiger partial charge in [0, 0.05) is 45.1 Å². The molecule has 5 heteroatoms. The summed E-state index contributed by atoms with van der Waals surface area (Å²) < 4.78 is 1.98. The Morgan fingerprint density at radius 3 is 2.88 bits per heavy atom. The Labute approximate surface area is 157 Å². The van der Waals surface area contributed by atoms with Crippen LogP contribution in [0, 0.1) is 11.8 Å². The fraction of sp³-hybridized carbons (Fsp3) is 0.524. The zero-order valence-corrected chi connectivity index (χ0v) is 16.0. The molecule has 2 atom stereocenters. The number of hydrogen-bond donors (Lipinski definition) is 1. The fourth-order valence-electron chi connectivity index (χ4n) is 3.59. The van der Waals surface area contributed by atoms with Crippen LogP contribution in [0.25, 0.3) is 0 Å². The minimum Gasteiger partial charge on any atom is -0.357 e. The molecule has 0 bridgehead atoms. The van der Waals surface area contributed by atoms with Crippen LogP contribution in [-0.2, 0) is 13.0 Å². The van der Waals surface area contributed by atoms with Crippen LogP contribution in [-0.4, -0.2) is 46.8 Å². The van der Waals surface area contributed by atoms with E-state index in [9.17, 15) is 0 Å². The molecule has 1 aliphatic rings. The number of hydrogen-bond acceptors (Lipinski definition) is 2. The van der Waals surface area contributed by atoms with Crippen LogP contribution in [0.5, 0.6) is 0 Å². The second-order valence-corrected chi connectivity index (χ2v) is 7.32. The molecule has 2 heterocycles. The van der Waals surface area contributed by atoms with Crippen molar-refractivity contribution in [3.05, 3.63) is 54.4 Å². The average Bonchev–Trinajstić information content (AvgIpc) is 3.32. The van der Waals surface area contributed by atoms with Gasteiger partial charge in [-0.15, -0.1) is 0 Å². The van der Waals surface area contributed by atoms with Gasteiger partial charge in [0.1, 0.15) is 0 Å². The van der Waals surface area contributed by atoms with E-state index >= 15 is 0 Å². The predicted octanol–water partition coefficient (Wildman–Crippen LogP) is 3.05. The molecule has 1 aliphatic heterocycles. The number of likely N-dealkylation sites (tertiary alicyclic amines) is 1. The second-order valence-electron chi connectivity index (χ2n) is 7.32. The fourth-order valence-corrected chi connectivity index (χ4v) is 3.59. The Kier molecular flexibility index (Phi) is 6.69. The number of nitrogens with one attached hydrogen (secondary N) is 1. The van der Waals surface area contributed by atoms with Gasteiger partial charge in [-0.05, 0) is 43.2 Å². The summed E-state index contributed by atoms with van der Waals surface area (Å²) in [5.41, 5.74) is 1.44. The van der Waals surface area contributed by atoms with Gasteiger partial charge in [0.2, 0.25) is 0 Å². The van der Waals surface area contributed by atoms with Crippen molar-refractivity contribution in [1.82, 2.24) is 20.0 Å². The molecule has 0 amide bonds. The molecule has 1 aromatic carbocycles. The molecule has 0 saturated carbocycles. The van der Waals surface area contributed by atoms with E-state index in [0.29, 0.717) is 11.8 Å². The highest BCUT2D eigenvalue weighted by atomic mass is 15.3. The maximum atomic E-state index is 4.91. The quantitative estimate of drug-likeness (QED) is 0.615. The number of rotatable bonds is 7. The molecule has 5 nitrogen and oxygen atoms in total. The first-order valence-electron chi connectivity index (χ1n) is 9.79. The van der Waals surface area contributed by atoms with Crippen molar-refractivity contribution in [1.29, 1.82) is 0 Å². The molecule has 1 N–H and O–H groups in total. The number of aliphatic imine (C=N–C) groups is 1. The van der Waals surface area contributed by atoms with Crippen LogP contribution in [0.3, 0.4) is 0 Å². The molecule has 0 aliphatic carbocycles. The van der Waals surface area contributed by atoms with E-state index in [-0.39, 0.29) is 0 Å². The van der Waals surface area contributed by atoms with E-state index in [2.05, 4.69) is 59.5 Å². The number of guanidine groups is 1. The lowest BCUT2D eigenvalue weighted by Gasteiger charge is -2.22. The van der Waals surface area contributed by atoms with Crippen molar-refractivity contribution < 1.29 is 0 Å². The zero-order valence-electron chi connectivity index (χ0n) is 16.0. The highest BCUT2D eigenvalue weighted by Crippen LogP contribution is 2.21. The summed E-state index contributed by atoms with van der Waals surface area (Å²) in [6, 6.07) is 12.8. The van der Waals surface area contributed by atoms with Gasteiger partial charge in [0.05, 0.1) is 0 Å². The summed E-state index contributed by atoms with van der Waals surface area (Å²) in [5.74, 6) is 2.24. The summed E-state index contributed by atoms with van der Waals surface area (Å²) in [5, 5.41) is 7.77. The minimum atomic E-state index is 0.464. The van der Waals surface area contributed by atoms with Crippen LogP contribution in [0.4, 0.5) is 0 Å². The normalized spacial score (nSPS) is 18.9. The van der Waals surface area contributed by atoms with Gasteiger partial charge >= 0.3 is 0 Å². The number of nitrogens with zero attached hydrogens (tertiary/aromatic N) is 4. The van der Waals surface area contributed by atoms with Crippen molar-refractivity contribution >= 4 is 5.96 Å². The first kappa shape index (κ1) is 18.5. The molecule has 1 aromatic heterocycles. The van der Waals surface area contributed by atoms with Crippen LogP contribution >= 0.6 is 0 Å². The molecular formula is C21H31N5. The lowest BCUT2D eigenvalue weighted by molar-refractivity contribution is 0.439. The maximum absolute atomic E-state index is 4.91. The lowest BCUT2D eigenvalue weighted by Crippen LogP contribution is -2.40. The lowest BCUT2D eigenvalue weighted by atomic mass is 9.99. The van der Waals surface area contributed by atoms with Gasteiger partial charge in [0.15, 0.2) is 5.96 Å². The smallest absolute Gasteiger partial charge is 0.193 e. The van der Waals surface area contributed by atoms with Crippen LogP contribution in [0.2, 0.25) is 0 Å². The van der Waals surface area contributed by atoms with E-state index in [4.69, 9.17) is 4.99 Å². The molecule has 0 spiro atoms. The minimum absolute atomic E-state index is 0.464. The molecule has 2 unspecified atom stereocenters. The Bertz CT molecular complexity index is 665. The predicted molar refractivity (Wildman–Crippen MR) is 107 cm³/mol. The van der Waals surface area contributed by atoms with Gasteiger partial charge in [-0.25, -0.2) is 0 Å². The van der Waals surface area contributed by atoms with E-state index in [1.54, 1.807) is 0 Å². The molecule has 3 rings (SSSR count). The highest BCUT2D eigenvalue weighted by molar-refractivity contribution is 5.80. The molecule has 0 radical (unpaired) electrons. The van der Waals surface area contributed by atoms with Crippen molar-refractivity contribution in [3.63, 3.8) is 0 Å². The Morgan fingerprint density at radius 1 is 1.31 bits per heavy atom. The molecule has 26 heavy (non-hydrogen) atoms. The third kappa shape index (κ3) is 5.35. The largest absolute Gasteiger partial charge is 0.357 e. The standard InChI is InChI=1S/C21H31N5/c1-3-22-21(23-15-18(2)16-26-12-7-11-24-26)25-13-10-20(17-25)14-19-8-5-4-6-9-19/h4-9,11-12,18,20H,3,10,13-17H2,1-2H3,(H,22,23). The van der Waals surface area contributed by atoms with Crippen LogP contribution < -0.4 is 5.32 Å².